The molecule has 0 spiro atoms. The molecule has 1 aliphatic carbocycles. The third-order valence-corrected chi connectivity index (χ3v) is 10.6. The summed E-state index contributed by atoms with van der Waals surface area (Å²) in [6.07, 6.45) is 14.8. The van der Waals surface area contributed by atoms with Crippen LogP contribution in [0.15, 0.2) is 122 Å². The number of hydrogen-bond acceptors (Lipinski definition) is 10. The fourth-order valence-electron chi connectivity index (χ4n) is 7.25. The molecule has 0 aromatic heterocycles. The summed E-state index contributed by atoms with van der Waals surface area (Å²) in [6.45, 7) is 8.66. The van der Waals surface area contributed by atoms with Crippen LogP contribution < -0.4 is 18.9 Å². The van der Waals surface area contributed by atoms with E-state index in [4.69, 9.17) is 28.4 Å². The van der Waals surface area contributed by atoms with Gasteiger partial charge in [0.1, 0.15) is 23.0 Å². The van der Waals surface area contributed by atoms with E-state index in [1.807, 2.05) is 48.5 Å². The molecule has 0 radical (unpaired) electrons. The molecule has 60 heavy (non-hydrogen) atoms. The third kappa shape index (κ3) is 14.0. The molecule has 1 aliphatic rings. The highest BCUT2D eigenvalue weighted by Gasteiger charge is 2.35. The zero-order chi connectivity index (χ0) is 42.4. The molecule has 0 N–H and O–H groups in total. The van der Waals surface area contributed by atoms with Crippen molar-refractivity contribution >= 4 is 23.9 Å². The van der Waals surface area contributed by atoms with Crippen molar-refractivity contribution in [1.29, 1.82) is 0 Å². The van der Waals surface area contributed by atoms with Crippen molar-refractivity contribution in [2.75, 3.05) is 26.4 Å². The average Bonchev–Trinajstić information content (AvgIpc) is 3.29. The molecule has 316 valence electrons. The van der Waals surface area contributed by atoms with E-state index < -0.39 is 23.9 Å². The first kappa shape index (κ1) is 44.9. The molecule has 5 rings (SSSR count). The maximum atomic E-state index is 13.0. The lowest BCUT2D eigenvalue weighted by Gasteiger charge is -2.38. The van der Waals surface area contributed by atoms with E-state index in [0.717, 1.165) is 100 Å². The van der Waals surface area contributed by atoms with Crippen LogP contribution >= 0.6 is 0 Å². The van der Waals surface area contributed by atoms with E-state index in [9.17, 15) is 19.2 Å². The Hall–Kier alpha value is -6.16. The molecule has 4 aromatic carbocycles. The molecule has 10 nitrogen and oxygen atoms in total. The Balaban J connectivity index is 1.07. The summed E-state index contributed by atoms with van der Waals surface area (Å²) < 4.78 is 33.1. The lowest BCUT2D eigenvalue weighted by molar-refractivity contribution is -0.138. The Labute approximate surface area is 353 Å². The molecular formula is C50H56O10. The van der Waals surface area contributed by atoms with Gasteiger partial charge < -0.3 is 28.4 Å². The number of carbonyl (C=O) groups is 4. The van der Waals surface area contributed by atoms with Crippen molar-refractivity contribution in [3.8, 4) is 23.0 Å². The van der Waals surface area contributed by atoms with Gasteiger partial charge in [-0.2, -0.15) is 0 Å². The minimum absolute atomic E-state index is 0.213. The van der Waals surface area contributed by atoms with E-state index in [2.05, 4.69) is 13.2 Å². The van der Waals surface area contributed by atoms with Crippen LogP contribution in [0.5, 0.6) is 23.0 Å². The Morgan fingerprint density at radius 2 is 0.800 bits per heavy atom. The SMILES string of the molecule is C=CC(=O)OCCCCCCOc1ccc(C(=O)Oc2ccc(C3(c4ccc(OC(=O)c5ccc(OCCCCCCOC(=O)C=C)cc5)cc4)CCCCC3)cc2)cc1. The van der Waals surface area contributed by atoms with E-state index in [0.29, 0.717) is 60.6 Å². The van der Waals surface area contributed by atoms with Crippen molar-refractivity contribution in [2.24, 2.45) is 0 Å². The van der Waals surface area contributed by atoms with E-state index >= 15 is 0 Å². The van der Waals surface area contributed by atoms with E-state index in [1.54, 1.807) is 48.5 Å². The Morgan fingerprint density at radius 1 is 0.450 bits per heavy atom. The Kier molecular flexibility index (Phi) is 18.0. The monoisotopic (exact) mass is 816 g/mol. The maximum absolute atomic E-state index is 13.0. The molecule has 0 unspecified atom stereocenters. The van der Waals surface area contributed by atoms with Crippen LogP contribution in [0.1, 0.15) is 115 Å². The average molecular weight is 817 g/mol. The molecule has 0 saturated heterocycles. The second-order valence-electron chi connectivity index (χ2n) is 14.8. The van der Waals surface area contributed by atoms with Crippen LogP contribution in [-0.4, -0.2) is 50.3 Å². The van der Waals surface area contributed by atoms with Crippen LogP contribution in [0.25, 0.3) is 0 Å². The van der Waals surface area contributed by atoms with Crippen LogP contribution in [0.2, 0.25) is 0 Å². The standard InChI is InChI=1S/C50H56O10/c1-3-46(51)57-36-14-7-5-12-34-55-42-24-16-38(17-25-42)48(53)59-44-28-20-40(21-29-44)50(32-10-9-11-33-50)41-22-30-45(31-23-41)60-49(54)39-18-26-43(27-19-39)56-35-13-6-8-15-37-58-47(52)4-2/h3-4,16-31H,1-2,5-15,32-37H2. The van der Waals surface area contributed by atoms with E-state index in [1.165, 1.54) is 6.42 Å². The maximum Gasteiger partial charge on any atom is 0.343 e. The highest BCUT2D eigenvalue weighted by atomic mass is 16.5. The van der Waals surface area contributed by atoms with Gasteiger partial charge in [0.05, 0.1) is 37.6 Å². The second-order valence-corrected chi connectivity index (χ2v) is 14.8. The molecule has 10 heteroatoms. The van der Waals surface area contributed by atoms with Crippen LogP contribution in [-0.2, 0) is 24.5 Å². The number of carbonyl (C=O) groups excluding carboxylic acids is 4. The van der Waals surface area contributed by atoms with Crippen LogP contribution in [0.4, 0.5) is 0 Å². The van der Waals surface area contributed by atoms with Crippen LogP contribution in [0, 0.1) is 0 Å². The molecule has 0 aliphatic heterocycles. The number of unbranched alkanes of at least 4 members (excludes halogenated alkanes) is 6. The van der Waals surface area contributed by atoms with Gasteiger partial charge in [-0.05, 0) is 148 Å². The van der Waals surface area contributed by atoms with Gasteiger partial charge in [0.15, 0.2) is 0 Å². The van der Waals surface area contributed by atoms with Crippen molar-refractivity contribution in [1.82, 2.24) is 0 Å². The molecule has 0 bridgehead atoms. The minimum Gasteiger partial charge on any atom is -0.494 e. The summed E-state index contributed by atoms with van der Waals surface area (Å²) in [5, 5.41) is 0. The lowest BCUT2D eigenvalue weighted by atomic mass is 9.65. The first-order chi connectivity index (χ1) is 29.3. The molecule has 0 heterocycles. The van der Waals surface area contributed by atoms with Gasteiger partial charge >= 0.3 is 23.9 Å². The van der Waals surface area contributed by atoms with Crippen LogP contribution in [0.3, 0.4) is 0 Å². The quantitative estimate of drug-likeness (QED) is 0.0292. The molecule has 1 saturated carbocycles. The Morgan fingerprint density at radius 3 is 1.17 bits per heavy atom. The van der Waals surface area contributed by atoms with Gasteiger partial charge in [0.2, 0.25) is 0 Å². The van der Waals surface area contributed by atoms with Crippen molar-refractivity contribution < 1.29 is 47.6 Å². The number of benzene rings is 4. The zero-order valence-electron chi connectivity index (χ0n) is 34.4. The van der Waals surface area contributed by atoms with Crippen molar-refractivity contribution in [3.63, 3.8) is 0 Å². The molecule has 0 atom stereocenters. The molecule has 4 aromatic rings. The molecule has 0 amide bonds. The van der Waals surface area contributed by atoms with Gasteiger partial charge in [-0.3, -0.25) is 0 Å². The Bertz CT molecular complexity index is 1840. The predicted molar refractivity (Wildman–Crippen MR) is 230 cm³/mol. The first-order valence-electron chi connectivity index (χ1n) is 21.0. The number of hydrogen-bond donors (Lipinski definition) is 0. The lowest BCUT2D eigenvalue weighted by Crippen LogP contribution is -2.30. The second kappa shape index (κ2) is 24.1. The van der Waals surface area contributed by atoms with Gasteiger partial charge in [-0.15, -0.1) is 0 Å². The molecule has 1 fully saturated rings. The summed E-state index contributed by atoms with van der Waals surface area (Å²) in [5.74, 6) is 0.606. The van der Waals surface area contributed by atoms with Gasteiger partial charge in [0.25, 0.3) is 0 Å². The van der Waals surface area contributed by atoms with Gasteiger partial charge in [-0.25, -0.2) is 19.2 Å². The van der Waals surface area contributed by atoms with Crippen molar-refractivity contribution in [2.45, 2.75) is 88.9 Å². The third-order valence-electron chi connectivity index (χ3n) is 10.6. The summed E-state index contributed by atoms with van der Waals surface area (Å²) in [6, 6.07) is 29.5. The normalized spacial score (nSPS) is 13.0. The summed E-state index contributed by atoms with van der Waals surface area (Å²) in [5.41, 5.74) is 2.95. The number of rotatable bonds is 24. The minimum atomic E-state index is -0.446. The highest BCUT2D eigenvalue weighted by molar-refractivity contribution is 5.91. The van der Waals surface area contributed by atoms with Crippen molar-refractivity contribution in [3.05, 3.63) is 145 Å². The summed E-state index contributed by atoms with van der Waals surface area (Å²) >= 11 is 0. The number of ether oxygens (including phenoxy) is 6. The smallest absolute Gasteiger partial charge is 0.343 e. The summed E-state index contributed by atoms with van der Waals surface area (Å²) in [4.78, 5) is 48.2. The highest BCUT2D eigenvalue weighted by Crippen LogP contribution is 2.45. The number of esters is 4. The largest absolute Gasteiger partial charge is 0.494 e. The first-order valence-corrected chi connectivity index (χ1v) is 21.0. The summed E-state index contributed by atoms with van der Waals surface area (Å²) in [7, 11) is 0. The molecular weight excluding hydrogens is 761 g/mol. The van der Waals surface area contributed by atoms with Gasteiger partial charge in [-0.1, -0.05) is 56.7 Å². The van der Waals surface area contributed by atoms with E-state index in [-0.39, 0.29) is 5.41 Å². The van der Waals surface area contributed by atoms with Gasteiger partial charge in [0, 0.05) is 17.6 Å². The predicted octanol–water partition coefficient (Wildman–Crippen LogP) is 10.7. The topological polar surface area (TPSA) is 124 Å². The zero-order valence-corrected chi connectivity index (χ0v) is 34.4. The fourth-order valence-corrected chi connectivity index (χ4v) is 7.25. The fraction of sp³-hybridized carbons (Fsp3) is 0.360.